The summed E-state index contributed by atoms with van der Waals surface area (Å²) in [5.74, 6) is 0.862. The van der Waals surface area contributed by atoms with Crippen molar-refractivity contribution in [2.24, 2.45) is 5.92 Å². The lowest BCUT2D eigenvalue weighted by Crippen LogP contribution is -2.46. The van der Waals surface area contributed by atoms with Crippen LogP contribution in [0.15, 0.2) is 48.7 Å². The van der Waals surface area contributed by atoms with Gasteiger partial charge < -0.3 is 9.80 Å². The molecular formula is C23H30N6S. The third-order valence-corrected chi connectivity index (χ3v) is 7.36. The molecule has 6 nitrogen and oxygen atoms in total. The van der Waals surface area contributed by atoms with Crippen LogP contribution < -0.4 is 9.80 Å². The Kier molecular flexibility index (Phi) is 5.73. The van der Waals surface area contributed by atoms with Crippen molar-refractivity contribution in [1.82, 2.24) is 19.7 Å². The van der Waals surface area contributed by atoms with E-state index in [-0.39, 0.29) is 0 Å². The fourth-order valence-electron chi connectivity index (χ4n) is 4.41. The largest absolute Gasteiger partial charge is 0.368 e. The molecule has 5 rings (SSSR count). The highest BCUT2D eigenvalue weighted by Gasteiger charge is 2.22. The summed E-state index contributed by atoms with van der Waals surface area (Å²) in [6.07, 6.45) is 4.73. The molecule has 2 fully saturated rings. The summed E-state index contributed by atoms with van der Waals surface area (Å²) in [7, 11) is 0. The minimum atomic E-state index is 0.862. The predicted molar refractivity (Wildman–Crippen MR) is 124 cm³/mol. The van der Waals surface area contributed by atoms with Crippen LogP contribution in [0.3, 0.4) is 0 Å². The van der Waals surface area contributed by atoms with E-state index in [2.05, 4.69) is 85.0 Å². The van der Waals surface area contributed by atoms with Gasteiger partial charge >= 0.3 is 0 Å². The van der Waals surface area contributed by atoms with Crippen molar-refractivity contribution >= 4 is 22.2 Å². The van der Waals surface area contributed by atoms with Crippen LogP contribution in [0.1, 0.15) is 25.5 Å². The van der Waals surface area contributed by atoms with Crippen LogP contribution in [0.4, 0.5) is 10.8 Å². The molecule has 0 atom stereocenters. The second-order valence-corrected chi connectivity index (χ2v) is 9.44. The second kappa shape index (κ2) is 8.78. The third kappa shape index (κ3) is 4.23. The average molecular weight is 423 g/mol. The summed E-state index contributed by atoms with van der Waals surface area (Å²) in [6, 6.07) is 15.0. The number of piperidine rings is 1. The smallest absolute Gasteiger partial charge is 0.218 e. The predicted octanol–water partition coefficient (Wildman–Crippen LogP) is 3.89. The Morgan fingerprint density at radius 2 is 1.53 bits per heavy atom. The number of hydrogen-bond donors (Lipinski definition) is 0. The van der Waals surface area contributed by atoms with E-state index in [1.165, 1.54) is 37.3 Å². The molecule has 2 aliphatic heterocycles. The van der Waals surface area contributed by atoms with Crippen molar-refractivity contribution in [2.45, 2.75) is 26.3 Å². The van der Waals surface area contributed by atoms with Gasteiger partial charge in [0, 0.05) is 50.3 Å². The van der Waals surface area contributed by atoms with E-state index >= 15 is 0 Å². The van der Waals surface area contributed by atoms with Gasteiger partial charge in [-0.3, -0.25) is 9.47 Å². The number of likely N-dealkylation sites (tertiary alicyclic amines) is 1. The molecule has 0 radical (unpaired) electrons. The van der Waals surface area contributed by atoms with Gasteiger partial charge in [0.15, 0.2) is 0 Å². The first-order chi connectivity index (χ1) is 14.8. The highest BCUT2D eigenvalue weighted by Crippen LogP contribution is 2.27. The lowest BCUT2D eigenvalue weighted by molar-refractivity contribution is 0.182. The Balaban J connectivity index is 1.23. The lowest BCUT2D eigenvalue weighted by atomic mass is 9.99. The number of anilines is 2. The molecule has 0 spiro atoms. The van der Waals surface area contributed by atoms with Crippen molar-refractivity contribution in [2.75, 3.05) is 49.1 Å². The average Bonchev–Trinajstić information content (AvgIpc) is 3.46. The summed E-state index contributed by atoms with van der Waals surface area (Å²) < 4.78 is 2.22. The zero-order valence-electron chi connectivity index (χ0n) is 17.7. The fraction of sp³-hybridized carbons (Fsp3) is 0.478. The minimum absolute atomic E-state index is 0.862. The number of aromatic nitrogens is 3. The van der Waals surface area contributed by atoms with Gasteiger partial charge in [-0.25, -0.2) is 0 Å². The van der Waals surface area contributed by atoms with Crippen LogP contribution >= 0.6 is 11.3 Å². The van der Waals surface area contributed by atoms with Crippen LogP contribution in [-0.2, 0) is 6.54 Å². The summed E-state index contributed by atoms with van der Waals surface area (Å²) in [5.41, 5.74) is 2.61. The Hall–Kier alpha value is -2.38. The molecule has 0 saturated carbocycles. The molecule has 0 unspecified atom stereocenters. The number of benzene rings is 1. The van der Waals surface area contributed by atoms with Crippen molar-refractivity contribution in [3.63, 3.8) is 0 Å². The summed E-state index contributed by atoms with van der Waals surface area (Å²) in [5, 5.41) is 11.1. The second-order valence-electron chi connectivity index (χ2n) is 8.51. The Bertz CT molecular complexity index is 936. The zero-order chi connectivity index (χ0) is 20.3. The van der Waals surface area contributed by atoms with Crippen LogP contribution in [0.2, 0.25) is 0 Å². The van der Waals surface area contributed by atoms with Gasteiger partial charge in [0.05, 0.1) is 0 Å². The lowest BCUT2D eigenvalue weighted by Gasteiger charge is -2.35. The van der Waals surface area contributed by atoms with Crippen molar-refractivity contribution < 1.29 is 0 Å². The standard InChI is InChI=1S/C23H30N6S/c1-19-9-12-26(13-10-19)18-21-8-5-11-29(21)23-25-24-22(30-23)28-16-14-27(15-17-28)20-6-3-2-4-7-20/h2-8,11,19H,9-10,12-18H2,1H3. The maximum absolute atomic E-state index is 4.53. The molecule has 1 aromatic carbocycles. The molecule has 2 aliphatic rings. The molecule has 30 heavy (non-hydrogen) atoms. The van der Waals surface area contributed by atoms with Gasteiger partial charge in [-0.15, -0.1) is 10.2 Å². The third-order valence-electron chi connectivity index (χ3n) is 6.38. The van der Waals surface area contributed by atoms with E-state index in [9.17, 15) is 0 Å². The zero-order valence-corrected chi connectivity index (χ0v) is 18.5. The quantitative estimate of drug-likeness (QED) is 0.624. The first-order valence-corrected chi connectivity index (χ1v) is 11.9. The van der Waals surface area contributed by atoms with Gasteiger partial charge in [-0.2, -0.15) is 0 Å². The number of piperazine rings is 1. The minimum Gasteiger partial charge on any atom is -0.368 e. The fourth-order valence-corrected chi connectivity index (χ4v) is 5.32. The van der Waals surface area contributed by atoms with E-state index < -0.39 is 0 Å². The Morgan fingerprint density at radius 1 is 0.833 bits per heavy atom. The molecule has 0 bridgehead atoms. The molecule has 0 N–H and O–H groups in total. The summed E-state index contributed by atoms with van der Waals surface area (Å²) in [4.78, 5) is 7.38. The molecular weight excluding hydrogens is 392 g/mol. The normalized spacial score (nSPS) is 18.8. The number of para-hydroxylation sites is 1. The van der Waals surface area contributed by atoms with Crippen molar-refractivity contribution in [3.05, 3.63) is 54.4 Å². The monoisotopic (exact) mass is 422 g/mol. The van der Waals surface area contributed by atoms with E-state index in [1.54, 1.807) is 11.3 Å². The van der Waals surface area contributed by atoms with Crippen LogP contribution in [0.5, 0.6) is 0 Å². The maximum Gasteiger partial charge on any atom is 0.218 e. The van der Waals surface area contributed by atoms with Crippen molar-refractivity contribution in [3.8, 4) is 5.13 Å². The first kappa shape index (κ1) is 19.6. The topological polar surface area (TPSA) is 40.4 Å². The number of hydrogen-bond acceptors (Lipinski definition) is 6. The Morgan fingerprint density at radius 3 is 2.30 bits per heavy atom. The molecule has 2 saturated heterocycles. The van der Waals surface area contributed by atoms with Gasteiger partial charge in [-0.05, 0) is 56.1 Å². The highest BCUT2D eigenvalue weighted by molar-refractivity contribution is 7.17. The number of nitrogens with zero attached hydrogens (tertiary/aromatic N) is 6. The molecule has 3 aromatic rings. The van der Waals surface area contributed by atoms with Gasteiger partial charge in [0.1, 0.15) is 0 Å². The molecule has 2 aromatic heterocycles. The van der Waals surface area contributed by atoms with Crippen molar-refractivity contribution in [1.29, 1.82) is 0 Å². The van der Waals surface area contributed by atoms with Crippen LogP contribution in [0.25, 0.3) is 5.13 Å². The molecule has 0 amide bonds. The van der Waals surface area contributed by atoms with Gasteiger partial charge in [0.2, 0.25) is 10.3 Å². The Labute approximate surface area is 182 Å². The summed E-state index contributed by atoms with van der Waals surface area (Å²) >= 11 is 1.70. The maximum atomic E-state index is 4.53. The van der Waals surface area contributed by atoms with Gasteiger partial charge in [-0.1, -0.05) is 36.5 Å². The number of rotatable bonds is 5. The SMILES string of the molecule is CC1CCN(Cc2cccn2-c2nnc(N3CCN(c4ccccc4)CC3)s2)CC1. The molecule has 0 aliphatic carbocycles. The summed E-state index contributed by atoms with van der Waals surface area (Å²) in [6.45, 7) is 9.73. The first-order valence-electron chi connectivity index (χ1n) is 11.0. The molecule has 7 heteroatoms. The van der Waals surface area contributed by atoms with Crippen LogP contribution in [0, 0.1) is 5.92 Å². The van der Waals surface area contributed by atoms with Gasteiger partial charge in [0.25, 0.3) is 0 Å². The van der Waals surface area contributed by atoms with E-state index in [0.717, 1.165) is 48.9 Å². The van der Waals surface area contributed by atoms with E-state index in [0.29, 0.717) is 0 Å². The van der Waals surface area contributed by atoms with Crippen LogP contribution in [-0.4, -0.2) is 58.9 Å². The van der Waals surface area contributed by atoms with E-state index in [1.807, 2.05) is 0 Å². The molecule has 4 heterocycles. The molecule has 158 valence electrons. The highest BCUT2D eigenvalue weighted by atomic mass is 32.1. The van der Waals surface area contributed by atoms with E-state index in [4.69, 9.17) is 0 Å².